The Labute approximate surface area is 55.1 Å². The Kier molecular flexibility index (Phi) is 2.04. The molecule has 1 aliphatic carbocycles. The molecule has 0 aliphatic heterocycles. The molecule has 0 atom stereocenters. The van der Waals surface area contributed by atoms with Crippen LogP contribution in [0.5, 0.6) is 0 Å². The summed E-state index contributed by atoms with van der Waals surface area (Å²) in [6.45, 7) is 1.98. The fourth-order valence-corrected chi connectivity index (χ4v) is 0.996. The number of rotatable bonds is 1. The van der Waals surface area contributed by atoms with Crippen LogP contribution in [0.15, 0.2) is 23.6 Å². The van der Waals surface area contributed by atoms with E-state index in [0.717, 1.165) is 18.4 Å². The van der Waals surface area contributed by atoms with Crippen LogP contribution in [0.3, 0.4) is 0 Å². The highest BCUT2D eigenvalue weighted by molar-refractivity contribution is 5.25. The van der Waals surface area contributed by atoms with Crippen LogP contribution in [-0.4, -0.2) is 0 Å². The van der Waals surface area contributed by atoms with E-state index in [0.29, 0.717) is 6.42 Å². The summed E-state index contributed by atoms with van der Waals surface area (Å²) in [6.07, 6.45) is 6.22. The van der Waals surface area contributed by atoms with Crippen molar-refractivity contribution in [2.24, 2.45) is 0 Å². The van der Waals surface area contributed by atoms with Gasteiger partial charge in [0.1, 0.15) is 5.83 Å². The van der Waals surface area contributed by atoms with Crippen molar-refractivity contribution in [2.45, 2.75) is 26.2 Å². The molecule has 0 nitrogen and oxygen atoms in total. The molecule has 0 unspecified atom stereocenters. The van der Waals surface area contributed by atoms with Crippen molar-refractivity contribution in [1.82, 2.24) is 0 Å². The van der Waals surface area contributed by atoms with Crippen molar-refractivity contribution in [1.29, 1.82) is 0 Å². The molecule has 1 heteroatoms. The Bertz CT molecular complexity index is 154. The van der Waals surface area contributed by atoms with Crippen LogP contribution in [0.2, 0.25) is 0 Å². The Hall–Kier alpha value is -0.590. The number of allylic oxidation sites excluding steroid dienone is 4. The first-order valence-corrected chi connectivity index (χ1v) is 3.38. The molecule has 0 N–H and O–H groups in total. The second-order valence-electron chi connectivity index (χ2n) is 2.22. The van der Waals surface area contributed by atoms with Crippen molar-refractivity contribution in [3.05, 3.63) is 23.6 Å². The van der Waals surface area contributed by atoms with Gasteiger partial charge in [-0.15, -0.1) is 0 Å². The van der Waals surface area contributed by atoms with E-state index in [-0.39, 0.29) is 5.83 Å². The van der Waals surface area contributed by atoms with Crippen LogP contribution in [0.4, 0.5) is 4.39 Å². The zero-order valence-electron chi connectivity index (χ0n) is 5.65. The zero-order chi connectivity index (χ0) is 6.69. The molecule has 0 aromatic heterocycles. The van der Waals surface area contributed by atoms with Gasteiger partial charge in [0.05, 0.1) is 0 Å². The highest BCUT2D eigenvalue weighted by Crippen LogP contribution is 2.21. The second kappa shape index (κ2) is 2.81. The number of halogens is 1. The monoisotopic (exact) mass is 126 g/mol. The minimum Gasteiger partial charge on any atom is -0.212 e. The van der Waals surface area contributed by atoms with Crippen molar-refractivity contribution >= 4 is 0 Å². The maximum absolute atomic E-state index is 12.7. The van der Waals surface area contributed by atoms with Crippen LogP contribution < -0.4 is 0 Å². The summed E-state index contributed by atoms with van der Waals surface area (Å²) >= 11 is 0. The lowest BCUT2D eigenvalue weighted by molar-refractivity contribution is 0.573. The van der Waals surface area contributed by atoms with Gasteiger partial charge in [0.25, 0.3) is 0 Å². The average Bonchev–Trinajstić information content (AvgIpc) is 1.89. The molecule has 50 valence electrons. The first-order chi connectivity index (χ1) is 4.34. The molecule has 0 amide bonds. The van der Waals surface area contributed by atoms with Crippen molar-refractivity contribution in [3.63, 3.8) is 0 Å². The third kappa shape index (κ3) is 1.41. The van der Waals surface area contributed by atoms with Crippen LogP contribution in [0.25, 0.3) is 0 Å². The zero-order valence-corrected chi connectivity index (χ0v) is 5.65. The first kappa shape index (κ1) is 6.53. The maximum Gasteiger partial charge on any atom is 0.103 e. The van der Waals surface area contributed by atoms with Crippen LogP contribution in [0, 0.1) is 0 Å². The molecule has 9 heavy (non-hydrogen) atoms. The van der Waals surface area contributed by atoms with Gasteiger partial charge in [-0.25, -0.2) is 4.39 Å². The summed E-state index contributed by atoms with van der Waals surface area (Å²) in [5.74, 6) is 0.0833. The lowest BCUT2D eigenvalue weighted by Gasteiger charge is -2.05. The average molecular weight is 126 g/mol. The Morgan fingerprint density at radius 2 is 2.44 bits per heavy atom. The third-order valence-corrected chi connectivity index (χ3v) is 1.58. The molecular formula is C8H11F. The van der Waals surface area contributed by atoms with Crippen LogP contribution in [-0.2, 0) is 0 Å². The summed E-state index contributed by atoms with van der Waals surface area (Å²) in [5, 5.41) is 0. The van der Waals surface area contributed by atoms with E-state index >= 15 is 0 Å². The van der Waals surface area contributed by atoms with E-state index in [9.17, 15) is 4.39 Å². The fourth-order valence-electron chi connectivity index (χ4n) is 0.996. The maximum atomic E-state index is 12.7. The van der Waals surface area contributed by atoms with Crippen molar-refractivity contribution in [2.75, 3.05) is 0 Å². The molecule has 0 saturated heterocycles. The van der Waals surface area contributed by atoms with Gasteiger partial charge < -0.3 is 0 Å². The second-order valence-corrected chi connectivity index (χ2v) is 2.22. The van der Waals surface area contributed by atoms with E-state index in [4.69, 9.17) is 0 Å². The molecule has 0 fully saturated rings. The number of hydrogen-bond donors (Lipinski definition) is 0. The lowest BCUT2D eigenvalue weighted by Crippen LogP contribution is -1.87. The smallest absolute Gasteiger partial charge is 0.103 e. The summed E-state index contributed by atoms with van der Waals surface area (Å²) < 4.78 is 12.7. The van der Waals surface area contributed by atoms with E-state index in [1.165, 1.54) is 0 Å². The predicted molar refractivity (Wildman–Crippen MR) is 36.8 cm³/mol. The van der Waals surface area contributed by atoms with Gasteiger partial charge in [-0.1, -0.05) is 19.1 Å². The summed E-state index contributed by atoms with van der Waals surface area (Å²) in [4.78, 5) is 0. The Balaban J connectivity index is 2.72. The van der Waals surface area contributed by atoms with Crippen molar-refractivity contribution in [3.8, 4) is 0 Å². The van der Waals surface area contributed by atoms with Gasteiger partial charge in [0.15, 0.2) is 0 Å². The summed E-state index contributed by atoms with van der Waals surface area (Å²) in [5.41, 5.74) is 0.876. The molecule has 0 spiro atoms. The van der Waals surface area contributed by atoms with E-state index in [1.54, 1.807) is 0 Å². The highest BCUT2D eigenvalue weighted by Gasteiger charge is 2.03. The van der Waals surface area contributed by atoms with Gasteiger partial charge in [0, 0.05) is 6.42 Å². The largest absolute Gasteiger partial charge is 0.212 e. The Morgan fingerprint density at radius 3 is 2.89 bits per heavy atom. The van der Waals surface area contributed by atoms with Crippen LogP contribution in [0.1, 0.15) is 26.2 Å². The number of hydrogen-bond acceptors (Lipinski definition) is 0. The van der Waals surface area contributed by atoms with Gasteiger partial charge in [-0.3, -0.25) is 0 Å². The third-order valence-electron chi connectivity index (χ3n) is 1.58. The van der Waals surface area contributed by atoms with E-state index in [1.807, 2.05) is 19.1 Å². The SMILES string of the molecule is CCC1=C(F)CCC=C1. The lowest BCUT2D eigenvalue weighted by atomic mass is 10.0. The molecule has 0 radical (unpaired) electrons. The molecule has 0 saturated carbocycles. The predicted octanol–water partition coefficient (Wildman–Crippen LogP) is 2.97. The first-order valence-electron chi connectivity index (χ1n) is 3.38. The molecule has 1 rings (SSSR count). The fraction of sp³-hybridized carbons (Fsp3) is 0.500. The molecule has 1 aliphatic rings. The minimum atomic E-state index is 0.0833. The highest BCUT2D eigenvalue weighted by atomic mass is 19.1. The molecule has 0 heterocycles. The summed E-state index contributed by atoms with van der Waals surface area (Å²) in [6, 6.07) is 0. The Morgan fingerprint density at radius 1 is 1.67 bits per heavy atom. The molecule has 0 aromatic rings. The van der Waals surface area contributed by atoms with Gasteiger partial charge in [0.2, 0.25) is 0 Å². The van der Waals surface area contributed by atoms with Gasteiger partial charge in [-0.05, 0) is 18.4 Å². The summed E-state index contributed by atoms with van der Waals surface area (Å²) in [7, 11) is 0. The van der Waals surface area contributed by atoms with Crippen LogP contribution >= 0.6 is 0 Å². The van der Waals surface area contributed by atoms with Gasteiger partial charge in [-0.2, -0.15) is 0 Å². The van der Waals surface area contributed by atoms with E-state index < -0.39 is 0 Å². The van der Waals surface area contributed by atoms with E-state index in [2.05, 4.69) is 0 Å². The standard InChI is InChI=1S/C8H11F/c1-2-7-5-3-4-6-8(7)9/h3,5H,2,4,6H2,1H3. The normalized spacial score (nSPS) is 18.9. The van der Waals surface area contributed by atoms with Crippen molar-refractivity contribution < 1.29 is 4.39 Å². The molecule has 0 aromatic carbocycles. The quantitative estimate of drug-likeness (QED) is 0.506. The topological polar surface area (TPSA) is 0 Å². The molecule has 0 bridgehead atoms. The molecular weight excluding hydrogens is 115 g/mol. The van der Waals surface area contributed by atoms with Gasteiger partial charge >= 0.3 is 0 Å². The minimum absolute atomic E-state index is 0.0833.